The summed E-state index contributed by atoms with van der Waals surface area (Å²) in [6.07, 6.45) is 7.84. The summed E-state index contributed by atoms with van der Waals surface area (Å²) in [5.74, 6) is -1.69. The highest BCUT2D eigenvalue weighted by Crippen LogP contribution is 2.18. The van der Waals surface area contributed by atoms with Gasteiger partial charge in [0.05, 0.1) is 11.5 Å². The lowest BCUT2D eigenvalue weighted by Gasteiger charge is -2.11. The molecule has 1 aliphatic rings. The summed E-state index contributed by atoms with van der Waals surface area (Å²) >= 11 is 0. The van der Waals surface area contributed by atoms with Crippen molar-refractivity contribution in [2.24, 2.45) is 5.92 Å². The van der Waals surface area contributed by atoms with Crippen molar-refractivity contribution >= 4 is 11.9 Å². The van der Waals surface area contributed by atoms with Gasteiger partial charge in [-0.1, -0.05) is 12.2 Å². The van der Waals surface area contributed by atoms with Crippen molar-refractivity contribution in [3.63, 3.8) is 0 Å². The van der Waals surface area contributed by atoms with Gasteiger partial charge in [-0.05, 0) is 6.42 Å². The molecule has 0 aliphatic heterocycles. The molecule has 2 unspecified atom stereocenters. The fourth-order valence-electron chi connectivity index (χ4n) is 1.66. The zero-order valence-corrected chi connectivity index (χ0v) is 8.91. The van der Waals surface area contributed by atoms with Crippen molar-refractivity contribution < 1.29 is 14.7 Å². The summed E-state index contributed by atoms with van der Waals surface area (Å²) in [5, 5.41) is 11.5. The van der Waals surface area contributed by atoms with Crippen molar-refractivity contribution in [2.45, 2.75) is 12.5 Å². The van der Waals surface area contributed by atoms with E-state index < -0.39 is 11.9 Å². The zero-order valence-electron chi connectivity index (χ0n) is 8.91. The van der Waals surface area contributed by atoms with E-state index in [-0.39, 0.29) is 11.9 Å². The first-order chi connectivity index (χ1) is 8.16. The lowest BCUT2D eigenvalue weighted by Crippen LogP contribution is -2.33. The minimum Gasteiger partial charge on any atom is -0.481 e. The van der Waals surface area contributed by atoms with Crippen LogP contribution < -0.4 is 5.32 Å². The second-order valence-corrected chi connectivity index (χ2v) is 3.77. The van der Waals surface area contributed by atoms with Gasteiger partial charge in [-0.2, -0.15) is 0 Å². The third-order valence-corrected chi connectivity index (χ3v) is 2.54. The maximum absolute atomic E-state index is 11.7. The Morgan fingerprint density at radius 1 is 1.29 bits per heavy atom. The monoisotopic (exact) mass is 233 g/mol. The molecule has 2 rings (SSSR count). The summed E-state index contributed by atoms with van der Waals surface area (Å²) in [5.41, 5.74) is 0.361. The first kappa shape index (κ1) is 11.3. The maximum Gasteiger partial charge on any atom is 0.310 e. The molecule has 1 amide bonds. The Hall–Kier alpha value is -2.24. The van der Waals surface area contributed by atoms with Crippen LogP contribution in [0.2, 0.25) is 0 Å². The third kappa shape index (κ3) is 2.66. The summed E-state index contributed by atoms with van der Waals surface area (Å²) in [6, 6.07) is -0.246. The van der Waals surface area contributed by atoms with Gasteiger partial charge < -0.3 is 10.4 Å². The molecule has 1 aliphatic carbocycles. The Morgan fingerprint density at radius 3 is 2.59 bits per heavy atom. The number of aliphatic carboxylic acids is 1. The average molecular weight is 233 g/mol. The predicted molar refractivity (Wildman–Crippen MR) is 58.2 cm³/mol. The number of rotatable bonds is 3. The van der Waals surface area contributed by atoms with Gasteiger partial charge in [0.15, 0.2) is 0 Å². The van der Waals surface area contributed by atoms with E-state index in [4.69, 9.17) is 5.11 Å². The molecule has 0 radical (unpaired) electrons. The highest BCUT2D eigenvalue weighted by Gasteiger charge is 2.25. The van der Waals surface area contributed by atoms with Crippen molar-refractivity contribution in [1.82, 2.24) is 15.3 Å². The van der Waals surface area contributed by atoms with Gasteiger partial charge in [-0.25, -0.2) is 9.97 Å². The lowest BCUT2D eigenvalue weighted by molar-refractivity contribution is -0.140. The Labute approximate surface area is 97.4 Å². The lowest BCUT2D eigenvalue weighted by atomic mass is 10.1. The van der Waals surface area contributed by atoms with Gasteiger partial charge in [0.1, 0.15) is 6.33 Å². The van der Waals surface area contributed by atoms with Gasteiger partial charge in [-0.15, -0.1) is 0 Å². The van der Waals surface area contributed by atoms with Crippen LogP contribution >= 0.6 is 0 Å². The first-order valence-electron chi connectivity index (χ1n) is 5.14. The maximum atomic E-state index is 11.7. The number of nitrogens with zero attached hydrogens (tertiary/aromatic N) is 2. The predicted octanol–water partition coefficient (Wildman–Crippen LogP) is 0.236. The van der Waals surface area contributed by atoms with Crippen LogP contribution in [0.5, 0.6) is 0 Å². The van der Waals surface area contributed by atoms with E-state index in [1.807, 2.05) is 0 Å². The second-order valence-electron chi connectivity index (χ2n) is 3.77. The van der Waals surface area contributed by atoms with Crippen molar-refractivity contribution in [1.29, 1.82) is 0 Å². The number of carbonyl (C=O) groups excluding carboxylic acids is 1. The Kier molecular flexibility index (Phi) is 3.13. The summed E-state index contributed by atoms with van der Waals surface area (Å²) in [6.45, 7) is 0. The molecule has 1 aromatic rings. The fraction of sp³-hybridized carbons (Fsp3) is 0.273. The molecule has 2 atom stereocenters. The molecule has 1 aromatic heterocycles. The van der Waals surface area contributed by atoms with E-state index in [1.165, 1.54) is 18.7 Å². The van der Waals surface area contributed by atoms with Crippen LogP contribution in [0.3, 0.4) is 0 Å². The number of hydrogen-bond acceptors (Lipinski definition) is 4. The van der Waals surface area contributed by atoms with Gasteiger partial charge >= 0.3 is 5.97 Å². The van der Waals surface area contributed by atoms with E-state index in [9.17, 15) is 9.59 Å². The van der Waals surface area contributed by atoms with Crippen LogP contribution in [0, 0.1) is 5.92 Å². The number of amides is 1. The average Bonchev–Trinajstić information content (AvgIpc) is 2.79. The van der Waals surface area contributed by atoms with E-state index in [0.717, 1.165) is 0 Å². The van der Waals surface area contributed by atoms with Crippen LogP contribution in [0.15, 0.2) is 30.9 Å². The molecule has 0 aromatic carbocycles. The Balaban J connectivity index is 1.94. The Morgan fingerprint density at radius 2 is 2.00 bits per heavy atom. The van der Waals surface area contributed by atoms with Crippen molar-refractivity contribution in [2.75, 3.05) is 0 Å². The summed E-state index contributed by atoms with van der Waals surface area (Å²) < 4.78 is 0. The van der Waals surface area contributed by atoms with Crippen molar-refractivity contribution in [3.05, 3.63) is 36.4 Å². The quantitative estimate of drug-likeness (QED) is 0.729. The Bertz CT molecular complexity index is 458. The molecule has 0 bridgehead atoms. The molecule has 0 spiro atoms. The number of aromatic nitrogens is 2. The van der Waals surface area contributed by atoms with Crippen molar-refractivity contribution in [3.8, 4) is 0 Å². The highest BCUT2D eigenvalue weighted by molar-refractivity contribution is 5.94. The highest BCUT2D eigenvalue weighted by atomic mass is 16.4. The molecule has 6 nitrogen and oxygen atoms in total. The van der Waals surface area contributed by atoms with Crippen LogP contribution in [0.25, 0.3) is 0 Å². The molecule has 6 heteroatoms. The SMILES string of the molecule is O=C(NC1C=CC(C(=O)O)C1)c1cncnc1. The zero-order chi connectivity index (χ0) is 12.3. The summed E-state index contributed by atoms with van der Waals surface area (Å²) in [4.78, 5) is 29.9. The van der Waals surface area contributed by atoms with Crippen LogP contribution in [-0.2, 0) is 4.79 Å². The number of nitrogens with one attached hydrogen (secondary N) is 1. The first-order valence-corrected chi connectivity index (χ1v) is 5.14. The van der Waals surface area contributed by atoms with E-state index in [2.05, 4.69) is 15.3 Å². The molecule has 0 saturated heterocycles. The number of carbonyl (C=O) groups is 2. The largest absolute Gasteiger partial charge is 0.481 e. The minimum absolute atomic E-state index is 0.246. The number of hydrogen-bond donors (Lipinski definition) is 2. The second kappa shape index (κ2) is 4.73. The van der Waals surface area contributed by atoms with Gasteiger partial charge in [0.2, 0.25) is 0 Å². The smallest absolute Gasteiger partial charge is 0.310 e. The molecule has 0 saturated carbocycles. The van der Waals surface area contributed by atoms with E-state index >= 15 is 0 Å². The van der Waals surface area contributed by atoms with Crippen LogP contribution in [-0.4, -0.2) is 33.0 Å². The molecule has 17 heavy (non-hydrogen) atoms. The fourth-order valence-corrected chi connectivity index (χ4v) is 1.66. The van der Waals surface area contributed by atoms with Crippen LogP contribution in [0.4, 0.5) is 0 Å². The van der Waals surface area contributed by atoms with E-state index in [1.54, 1.807) is 12.2 Å². The number of carboxylic acids is 1. The normalized spacial score (nSPS) is 22.4. The standard InChI is InChI=1S/C11H11N3O3/c15-10(8-4-12-6-13-5-8)14-9-2-1-7(3-9)11(16)17/h1-2,4-7,9H,3H2,(H,14,15)(H,16,17). The molecule has 1 heterocycles. The van der Waals surface area contributed by atoms with Gasteiger partial charge in [0, 0.05) is 18.4 Å². The van der Waals surface area contributed by atoms with E-state index in [0.29, 0.717) is 12.0 Å². The van der Waals surface area contributed by atoms with Crippen LogP contribution in [0.1, 0.15) is 16.8 Å². The molecular weight excluding hydrogens is 222 g/mol. The number of carboxylic acid groups (broad SMARTS) is 1. The summed E-state index contributed by atoms with van der Waals surface area (Å²) in [7, 11) is 0. The molecule has 0 fully saturated rings. The molecular formula is C11H11N3O3. The minimum atomic E-state index is -0.874. The third-order valence-electron chi connectivity index (χ3n) is 2.54. The topological polar surface area (TPSA) is 92.2 Å². The molecule has 88 valence electrons. The van der Waals surface area contributed by atoms with Gasteiger partial charge in [0.25, 0.3) is 5.91 Å². The molecule has 2 N–H and O–H groups in total. The van der Waals surface area contributed by atoms with Gasteiger partial charge in [-0.3, -0.25) is 9.59 Å².